The van der Waals surface area contributed by atoms with Crippen LogP contribution in [0.1, 0.15) is 7.43 Å². The van der Waals surface area contributed by atoms with Crippen LogP contribution in [-0.4, -0.2) is 75.3 Å². The standard InChI is InChI=1S/C2H4NO.CH5N.CHO2.CH4.2In.4H/c1-3-2-4;1-2;2-1-3;;;;;;;/h1H3,(H,3,4);2H2,1H3;(H,2,3);1H4;;;;;;. The fourth-order valence-electron chi connectivity index (χ4n) is 0. The molecule has 0 aromatic carbocycles. The van der Waals surface area contributed by atoms with Gasteiger partial charge in [-0.05, 0) is 7.05 Å². The number of carbonyl (C=O) groups is 2. The van der Waals surface area contributed by atoms with E-state index >= 15 is 0 Å². The molecule has 0 unspecified atom stereocenters. The van der Waals surface area contributed by atoms with Crippen LogP contribution in [0.5, 0.6) is 0 Å². The van der Waals surface area contributed by atoms with E-state index in [-0.39, 0.29) is 59.8 Å². The molecule has 0 atom stereocenters. The minimum absolute atomic E-state index is 0. The van der Waals surface area contributed by atoms with E-state index in [0.717, 1.165) is 0 Å². The quantitative estimate of drug-likeness (QED) is 0.473. The van der Waals surface area contributed by atoms with Crippen molar-refractivity contribution >= 4 is 56.1 Å². The molecule has 0 bridgehead atoms. The number of nitrogens with two attached hydrogens (primary N) is 1. The number of carbonyl (C=O) groups excluding carboxylic acids is 1. The Morgan fingerprint density at radius 1 is 1.33 bits per heavy atom. The number of hydrogen-bond acceptors (Lipinski definition) is 3. The molecule has 0 spiro atoms. The molecule has 5 nitrogen and oxygen atoms in total. The third kappa shape index (κ3) is 142. The molecule has 7 heteroatoms. The number of nitrogens with one attached hydrogen (secondary N) is 1. The molecule has 12 heavy (non-hydrogen) atoms. The fourth-order valence-corrected chi connectivity index (χ4v) is 0. The Balaban J connectivity index is -0.0000000419. The summed E-state index contributed by atoms with van der Waals surface area (Å²) in [6.45, 7) is 0. The van der Waals surface area contributed by atoms with E-state index in [0.29, 0.717) is 0 Å². The molecule has 0 saturated heterocycles. The van der Waals surface area contributed by atoms with Crippen molar-refractivity contribution in [2.24, 2.45) is 5.73 Å². The second-order valence-corrected chi connectivity index (χ2v) is 6.36. The number of hydrogen-bond donors (Lipinski definition) is 3. The molecule has 4 N–H and O–H groups in total. The molecule has 0 heterocycles. The topological polar surface area (TPSA) is 92.4 Å². The molecule has 0 aromatic rings. The van der Waals surface area contributed by atoms with Gasteiger partial charge in [0, 0.05) is 0 Å². The Morgan fingerprint density at radius 3 is 1.42 bits per heavy atom. The van der Waals surface area contributed by atoms with Gasteiger partial charge in [-0.3, -0.25) is 0 Å². The fraction of sp³-hybridized carbons (Fsp3) is 0.600. The van der Waals surface area contributed by atoms with Gasteiger partial charge >= 0.3 is 83.2 Å². The summed E-state index contributed by atoms with van der Waals surface area (Å²) in [6.07, 6.45) is 0. The van der Waals surface area contributed by atoms with Gasteiger partial charge in [-0.25, -0.2) is 0 Å². The van der Waals surface area contributed by atoms with Gasteiger partial charge in [0.05, 0.1) is 0 Å². The molecule has 0 rings (SSSR count). The summed E-state index contributed by atoms with van der Waals surface area (Å²) in [5.74, 6) is 0. The van der Waals surface area contributed by atoms with Crippen LogP contribution in [0.25, 0.3) is 0 Å². The molecule has 0 aromatic heterocycles. The number of rotatable bonds is 0. The van der Waals surface area contributed by atoms with E-state index in [2.05, 4.69) is 11.1 Å². The predicted molar refractivity (Wildman–Crippen MR) is 56.4 cm³/mol. The summed E-state index contributed by atoms with van der Waals surface area (Å²) in [7, 11) is 3.15. The first-order chi connectivity index (χ1) is 5.00. The number of amides is 1. The van der Waals surface area contributed by atoms with Gasteiger partial charge < -0.3 is 5.73 Å². The molecule has 72 valence electrons. The molecular formula is C5H18In2N2O3. The van der Waals surface area contributed by atoms with Crippen molar-refractivity contribution in [3.05, 3.63) is 0 Å². The molecule has 0 aliphatic carbocycles. The first-order valence-electron chi connectivity index (χ1n) is 2.96. The third-order valence-electron chi connectivity index (χ3n) is 0.352. The van der Waals surface area contributed by atoms with Crippen LogP contribution in [0.3, 0.4) is 0 Å². The van der Waals surface area contributed by atoms with Crippen molar-refractivity contribution in [2.45, 2.75) is 7.43 Å². The van der Waals surface area contributed by atoms with Crippen molar-refractivity contribution in [3.63, 3.8) is 0 Å². The van der Waals surface area contributed by atoms with Crippen molar-refractivity contribution in [1.82, 2.24) is 5.32 Å². The Bertz CT molecular complexity index is 107. The van der Waals surface area contributed by atoms with E-state index < -0.39 is 3.73 Å². The molecule has 0 saturated carbocycles. The van der Waals surface area contributed by atoms with Crippen LogP contribution in [-0.2, 0) is 0 Å². The average Bonchev–Trinajstić information content (AvgIpc) is 1.91. The SMILES string of the molecule is C.CN.CN[C](=O)[InH2].O=[C](O)[InH2]. The normalized spacial score (nSPS) is 5.25. The third-order valence-corrected chi connectivity index (χ3v) is 1.78. The van der Waals surface area contributed by atoms with E-state index in [4.69, 9.17) is 9.90 Å². The maximum atomic E-state index is 9.79. The van der Waals surface area contributed by atoms with Crippen LogP contribution in [0.15, 0.2) is 0 Å². The van der Waals surface area contributed by atoms with E-state index in [1.54, 1.807) is 7.05 Å². The first kappa shape index (κ1) is 22.9. The Hall–Kier alpha value is 0.640. The van der Waals surface area contributed by atoms with Crippen molar-refractivity contribution in [3.8, 4) is 0 Å². The van der Waals surface area contributed by atoms with Gasteiger partial charge in [-0.2, -0.15) is 0 Å². The summed E-state index contributed by atoms with van der Waals surface area (Å²) in [5, 5.41) is 9.99. The second kappa shape index (κ2) is 22.6. The van der Waals surface area contributed by atoms with E-state index in [1.807, 2.05) is 0 Å². The van der Waals surface area contributed by atoms with Crippen LogP contribution in [0, 0.1) is 0 Å². The van der Waals surface area contributed by atoms with Crippen LogP contribution >= 0.6 is 0 Å². The Labute approximate surface area is 103 Å². The van der Waals surface area contributed by atoms with E-state index in [9.17, 15) is 4.79 Å². The zero-order valence-electron chi connectivity index (χ0n) is 7.34. The zero-order valence-corrected chi connectivity index (χ0v) is 18.8. The zero-order chi connectivity index (χ0) is 9.86. The molecule has 0 aliphatic heterocycles. The van der Waals surface area contributed by atoms with Gasteiger partial charge in [-0.1, -0.05) is 7.43 Å². The van der Waals surface area contributed by atoms with Crippen molar-refractivity contribution < 1.29 is 14.7 Å². The van der Waals surface area contributed by atoms with Gasteiger partial charge in [0.2, 0.25) is 0 Å². The predicted octanol–water partition coefficient (Wildman–Crippen LogP) is -1.53. The van der Waals surface area contributed by atoms with Gasteiger partial charge in [0.25, 0.3) is 0 Å². The molecule has 0 fully saturated rings. The minimum atomic E-state index is -0.623. The second-order valence-electron chi connectivity index (χ2n) is 1.33. The summed E-state index contributed by atoms with van der Waals surface area (Å²) >= 11 is 0.0297. The van der Waals surface area contributed by atoms with E-state index in [1.165, 1.54) is 7.05 Å². The summed E-state index contributed by atoms with van der Waals surface area (Å²) in [6, 6.07) is 0. The summed E-state index contributed by atoms with van der Waals surface area (Å²) < 4.78 is -0.409. The first-order valence-corrected chi connectivity index (χ1v) is 8.67. The molecule has 0 aliphatic rings. The monoisotopic (exact) mass is 384 g/mol. The van der Waals surface area contributed by atoms with Crippen molar-refractivity contribution in [1.29, 1.82) is 0 Å². The molecular weight excluding hydrogens is 366 g/mol. The Morgan fingerprint density at radius 2 is 1.42 bits per heavy atom. The summed E-state index contributed by atoms with van der Waals surface area (Å²) in [5.41, 5.74) is 4.50. The summed E-state index contributed by atoms with van der Waals surface area (Å²) in [4.78, 5) is 18.9. The van der Waals surface area contributed by atoms with Gasteiger partial charge in [-0.15, -0.1) is 0 Å². The molecule has 0 radical (unpaired) electrons. The van der Waals surface area contributed by atoms with Crippen LogP contribution in [0.2, 0.25) is 0 Å². The average molecular weight is 384 g/mol. The molecule has 1 amide bonds. The van der Waals surface area contributed by atoms with Gasteiger partial charge in [0.1, 0.15) is 0 Å². The van der Waals surface area contributed by atoms with Crippen LogP contribution < -0.4 is 11.1 Å². The Kier molecular flexibility index (Phi) is 43.2. The number of carboxylic acid groups (broad SMARTS) is 1. The van der Waals surface area contributed by atoms with Crippen LogP contribution in [0.4, 0.5) is 9.59 Å². The van der Waals surface area contributed by atoms with Crippen molar-refractivity contribution in [2.75, 3.05) is 14.1 Å². The van der Waals surface area contributed by atoms with Gasteiger partial charge in [0.15, 0.2) is 0 Å². The maximum absolute atomic E-state index is 9.79.